The van der Waals surface area contributed by atoms with Gasteiger partial charge in [-0.25, -0.2) is 12.8 Å². The van der Waals surface area contributed by atoms with E-state index in [0.29, 0.717) is 18.7 Å². The van der Waals surface area contributed by atoms with Crippen molar-refractivity contribution in [3.05, 3.63) is 60.4 Å². The van der Waals surface area contributed by atoms with Crippen molar-refractivity contribution in [1.82, 2.24) is 4.31 Å². The fourth-order valence-electron chi connectivity index (χ4n) is 3.21. The highest BCUT2D eigenvalue weighted by Gasteiger charge is 2.34. The first kappa shape index (κ1) is 18.5. The first-order valence-corrected chi connectivity index (χ1v) is 10.0. The van der Waals surface area contributed by atoms with Gasteiger partial charge in [0.1, 0.15) is 5.82 Å². The molecule has 1 heterocycles. The molecule has 0 radical (unpaired) electrons. The number of carbonyl (C=O) groups excluding carboxylic acids is 1. The van der Waals surface area contributed by atoms with Crippen molar-refractivity contribution in [2.24, 2.45) is 0 Å². The number of amides is 1. The predicted molar refractivity (Wildman–Crippen MR) is 97.6 cm³/mol. The third-order valence-corrected chi connectivity index (χ3v) is 6.42. The quantitative estimate of drug-likeness (QED) is 0.870. The van der Waals surface area contributed by atoms with Gasteiger partial charge in [0.15, 0.2) is 0 Å². The minimum atomic E-state index is -3.64. The van der Waals surface area contributed by atoms with E-state index in [-0.39, 0.29) is 17.2 Å². The number of rotatable bonds is 5. The van der Waals surface area contributed by atoms with E-state index in [2.05, 4.69) is 5.32 Å². The Balaban J connectivity index is 1.74. The molecule has 3 rings (SSSR count). The highest BCUT2D eigenvalue weighted by Crippen LogP contribution is 2.27. The van der Waals surface area contributed by atoms with Crippen molar-refractivity contribution in [3.63, 3.8) is 0 Å². The number of hydrogen-bond acceptors (Lipinski definition) is 3. The van der Waals surface area contributed by atoms with Crippen molar-refractivity contribution in [2.45, 2.75) is 36.6 Å². The molecule has 0 bridgehead atoms. The summed E-state index contributed by atoms with van der Waals surface area (Å²) in [4.78, 5) is 12.6. The second kappa shape index (κ2) is 7.97. The van der Waals surface area contributed by atoms with E-state index >= 15 is 0 Å². The topological polar surface area (TPSA) is 66.5 Å². The smallest absolute Gasteiger partial charge is 0.243 e. The summed E-state index contributed by atoms with van der Waals surface area (Å²) in [5, 5.41) is 2.64. The van der Waals surface area contributed by atoms with Gasteiger partial charge in [0.2, 0.25) is 15.9 Å². The highest BCUT2D eigenvalue weighted by molar-refractivity contribution is 7.89. The molecule has 1 N–H and O–H groups in total. The van der Waals surface area contributed by atoms with Crippen molar-refractivity contribution < 1.29 is 17.6 Å². The van der Waals surface area contributed by atoms with Gasteiger partial charge < -0.3 is 5.32 Å². The van der Waals surface area contributed by atoms with Gasteiger partial charge in [-0.2, -0.15) is 4.31 Å². The van der Waals surface area contributed by atoms with E-state index in [9.17, 15) is 17.6 Å². The highest BCUT2D eigenvalue weighted by atomic mass is 32.2. The molecule has 2 aromatic carbocycles. The standard InChI is InChI=1S/C19H21FN2O3S/c20-15-7-6-8-16(13-15)21-19(23)14-17-9-4-5-12-22(17)26(24,25)18-10-2-1-3-11-18/h1-3,6-8,10-11,13,17H,4-5,9,12,14H2,(H,21,23)/t17-/m1/s1. The average molecular weight is 376 g/mol. The zero-order chi connectivity index (χ0) is 18.6. The maximum absolute atomic E-state index is 13.2. The van der Waals surface area contributed by atoms with E-state index in [1.165, 1.54) is 22.5 Å². The first-order chi connectivity index (χ1) is 12.5. The molecule has 26 heavy (non-hydrogen) atoms. The first-order valence-electron chi connectivity index (χ1n) is 8.59. The van der Waals surface area contributed by atoms with Gasteiger partial charge in [-0.15, -0.1) is 0 Å². The molecule has 1 atom stereocenters. The molecule has 1 fully saturated rings. The molecule has 2 aromatic rings. The van der Waals surface area contributed by atoms with Gasteiger partial charge >= 0.3 is 0 Å². The fraction of sp³-hybridized carbons (Fsp3) is 0.316. The van der Waals surface area contributed by atoms with E-state index in [1.54, 1.807) is 36.4 Å². The van der Waals surface area contributed by atoms with Crippen molar-refractivity contribution >= 4 is 21.6 Å². The third kappa shape index (κ3) is 4.28. The number of benzene rings is 2. The van der Waals surface area contributed by atoms with Crippen LogP contribution in [0, 0.1) is 5.82 Å². The van der Waals surface area contributed by atoms with Crippen LogP contribution in [0.5, 0.6) is 0 Å². The normalized spacial score (nSPS) is 18.4. The molecule has 1 saturated heterocycles. The van der Waals surface area contributed by atoms with Crippen LogP contribution in [0.2, 0.25) is 0 Å². The maximum Gasteiger partial charge on any atom is 0.243 e. The van der Waals surface area contributed by atoms with Gasteiger partial charge in [0.05, 0.1) is 4.90 Å². The lowest BCUT2D eigenvalue weighted by atomic mass is 10.0. The maximum atomic E-state index is 13.2. The Morgan fingerprint density at radius 1 is 1.12 bits per heavy atom. The molecule has 138 valence electrons. The Labute approximate surface area is 152 Å². The molecular weight excluding hydrogens is 355 g/mol. The van der Waals surface area contributed by atoms with Gasteiger partial charge in [0.25, 0.3) is 0 Å². The Kier molecular flexibility index (Phi) is 5.68. The lowest BCUT2D eigenvalue weighted by molar-refractivity contribution is -0.117. The molecule has 0 saturated carbocycles. The largest absolute Gasteiger partial charge is 0.326 e. The van der Waals surface area contributed by atoms with Crippen molar-refractivity contribution in [1.29, 1.82) is 0 Å². The molecule has 1 amide bonds. The van der Waals surface area contributed by atoms with Gasteiger partial charge in [0, 0.05) is 24.7 Å². The van der Waals surface area contributed by atoms with Crippen LogP contribution in [0.3, 0.4) is 0 Å². The minimum absolute atomic E-state index is 0.0442. The van der Waals surface area contributed by atoms with Crippen LogP contribution in [-0.4, -0.2) is 31.2 Å². The lowest BCUT2D eigenvalue weighted by Gasteiger charge is -2.34. The molecule has 7 heteroatoms. The summed E-state index contributed by atoms with van der Waals surface area (Å²) < 4.78 is 40.5. The van der Waals surface area contributed by atoms with Crippen molar-refractivity contribution in [3.8, 4) is 0 Å². The molecular formula is C19H21FN2O3S. The second-order valence-corrected chi connectivity index (χ2v) is 8.23. The van der Waals surface area contributed by atoms with E-state index in [0.717, 1.165) is 12.8 Å². The summed E-state index contributed by atoms with van der Waals surface area (Å²) in [5.74, 6) is -0.760. The summed E-state index contributed by atoms with van der Waals surface area (Å²) in [6.45, 7) is 0.398. The Bertz CT molecular complexity index is 871. The molecule has 5 nitrogen and oxygen atoms in total. The Morgan fingerprint density at radius 3 is 2.62 bits per heavy atom. The van der Waals surface area contributed by atoms with Crippen LogP contribution in [0.4, 0.5) is 10.1 Å². The summed E-state index contributed by atoms with van der Waals surface area (Å²) in [7, 11) is -3.64. The van der Waals surface area contributed by atoms with E-state index < -0.39 is 21.9 Å². The number of anilines is 1. The summed E-state index contributed by atoms with van der Waals surface area (Å²) >= 11 is 0. The summed E-state index contributed by atoms with van der Waals surface area (Å²) in [6, 6.07) is 13.5. The zero-order valence-corrected chi connectivity index (χ0v) is 15.1. The van der Waals surface area contributed by atoms with E-state index in [4.69, 9.17) is 0 Å². The Hall–Kier alpha value is -2.25. The zero-order valence-electron chi connectivity index (χ0n) is 14.3. The molecule has 0 spiro atoms. The summed E-state index contributed by atoms with van der Waals surface area (Å²) in [5.41, 5.74) is 0.364. The predicted octanol–water partition coefficient (Wildman–Crippen LogP) is 3.40. The molecule has 0 aliphatic carbocycles. The summed E-state index contributed by atoms with van der Waals surface area (Å²) in [6.07, 6.45) is 2.32. The van der Waals surface area contributed by atoms with Crippen molar-refractivity contribution in [2.75, 3.05) is 11.9 Å². The van der Waals surface area contributed by atoms with Crippen LogP contribution in [0.1, 0.15) is 25.7 Å². The lowest BCUT2D eigenvalue weighted by Crippen LogP contribution is -2.45. The number of carbonyl (C=O) groups is 1. The van der Waals surface area contributed by atoms with Gasteiger partial charge in [-0.3, -0.25) is 4.79 Å². The van der Waals surface area contributed by atoms with Crippen LogP contribution in [0.25, 0.3) is 0 Å². The number of piperidine rings is 1. The van der Waals surface area contributed by atoms with Gasteiger partial charge in [-0.1, -0.05) is 30.7 Å². The fourth-order valence-corrected chi connectivity index (χ4v) is 4.93. The minimum Gasteiger partial charge on any atom is -0.326 e. The van der Waals surface area contributed by atoms with E-state index in [1.807, 2.05) is 0 Å². The number of hydrogen-bond donors (Lipinski definition) is 1. The molecule has 0 aromatic heterocycles. The SMILES string of the molecule is O=C(C[C@H]1CCCCN1S(=O)(=O)c1ccccc1)Nc1cccc(F)c1. The number of sulfonamides is 1. The third-order valence-electron chi connectivity index (χ3n) is 4.45. The van der Waals surface area contributed by atoms with Crippen LogP contribution in [-0.2, 0) is 14.8 Å². The number of halogens is 1. The molecule has 1 aliphatic rings. The Morgan fingerprint density at radius 2 is 1.88 bits per heavy atom. The average Bonchev–Trinajstić information content (AvgIpc) is 2.63. The second-order valence-electron chi connectivity index (χ2n) is 6.34. The van der Waals surface area contributed by atoms with Crippen LogP contribution in [0.15, 0.2) is 59.5 Å². The number of nitrogens with zero attached hydrogens (tertiary/aromatic N) is 1. The monoisotopic (exact) mass is 376 g/mol. The van der Waals surface area contributed by atoms with Crippen LogP contribution < -0.4 is 5.32 Å². The number of nitrogens with one attached hydrogen (secondary N) is 1. The molecule has 0 unspecified atom stereocenters. The van der Waals surface area contributed by atoms with Gasteiger partial charge in [-0.05, 0) is 43.2 Å². The van der Waals surface area contributed by atoms with Crippen LogP contribution >= 0.6 is 0 Å². The molecule has 1 aliphatic heterocycles.